The van der Waals surface area contributed by atoms with Crippen LogP contribution in [0.5, 0.6) is 0 Å². The number of hydrogen-bond donors (Lipinski definition) is 2. The van der Waals surface area contributed by atoms with Gasteiger partial charge in [0.05, 0.1) is 11.1 Å². The predicted molar refractivity (Wildman–Crippen MR) is 48.1 cm³/mol. The molecule has 1 aromatic rings. The number of carboxylic acid groups (broad SMARTS) is 2. The van der Waals surface area contributed by atoms with Gasteiger partial charge in [-0.15, -0.1) is 0 Å². The van der Waals surface area contributed by atoms with Gasteiger partial charge >= 0.3 is 11.9 Å². The van der Waals surface area contributed by atoms with Gasteiger partial charge in [-0.25, -0.2) is 9.59 Å². The molecule has 4 nitrogen and oxygen atoms in total. The van der Waals surface area contributed by atoms with E-state index in [0.29, 0.717) is 4.47 Å². The predicted octanol–water partition coefficient (Wildman–Crippen LogP) is 1.84. The average Bonchev–Trinajstić information content (AvgIpc) is 2.03. The molecule has 0 spiro atoms. The van der Waals surface area contributed by atoms with Crippen LogP contribution in [0, 0.1) is 0 Å². The summed E-state index contributed by atoms with van der Waals surface area (Å²) in [4.78, 5) is 21.0. The van der Waals surface area contributed by atoms with Crippen molar-refractivity contribution in [2.45, 2.75) is 0 Å². The summed E-state index contributed by atoms with van der Waals surface area (Å²) in [7, 11) is 0. The summed E-state index contributed by atoms with van der Waals surface area (Å²) in [6, 6.07) is 3.79. The van der Waals surface area contributed by atoms with E-state index in [1.54, 1.807) is 0 Å². The Bertz CT molecular complexity index is 345. The molecule has 0 aliphatic rings. The molecule has 0 aliphatic heterocycles. The van der Waals surface area contributed by atoms with Gasteiger partial charge in [-0.1, -0.05) is 15.9 Å². The molecule has 2 N–H and O–H groups in total. The molecule has 0 saturated carbocycles. The zero-order valence-electron chi connectivity index (χ0n) is 7.03. The molecule has 0 unspecified atom stereocenters. The fraction of sp³-hybridized carbons (Fsp3) is 0. The van der Waals surface area contributed by atoms with E-state index in [0.717, 1.165) is 6.07 Å². The Balaban J connectivity index is 0.00000169. The number of hydrogen-bond acceptors (Lipinski definition) is 2. The molecule has 1 aromatic carbocycles. The summed E-state index contributed by atoms with van der Waals surface area (Å²) in [5, 5.41) is 17.2. The monoisotopic (exact) mass is 308 g/mol. The van der Waals surface area contributed by atoms with Crippen LogP contribution in [0.4, 0.5) is 0 Å². The van der Waals surface area contributed by atoms with E-state index in [1.807, 2.05) is 0 Å². The summed E-state index contributed by atoms with van der Waals surface area (Å²) in [6.45, 7) is 0. The van der Waals surface area contributed by atoms with Gasteiger partial charge in [0.1, 0.15) is 0 Å². The molecule has 0 atom stereocenters. The van der Waals surface area contributed by atoms with Crippen LogP contribution in [-0.4, -0.2) is 22.2 Å². The van der Waals surface area contributed by atoms with Gasteiger partial charge in [-0.2, -0.15) is 0 Å². The summed E-state index contributed by atoms with van der Waals surface area (Å²) in [5.41, 5.74) is -0.0986. The van der Waals surface area contributed by atoms with Crippen molar-refractivity contribution in [1.29, 1.82) is 0 Å². The first-order valence-corrected chi connectivity index (χ1v) is 4.07. The molecule has 0 aliphatic carbocycles. The van der Waals surface area contributed by atoms with E-state index >= 15 is 0 Å². The van der Waals surface area contributed by atoms with Crippen LogP contribution in [0.15, 0.2) is 22.7 Å². The van der Waals surface area contributed by atoms with Gasteiger partial charge in [-0.05, 0) is 18.2 Å². The summed E-state index contributed by atoms with van der Waals surface area (Å²) >= 11 is 3.02. The Kier molecular flexibility index (Phi) is 4.95. The van der Waals surface area contributed by atoms with Crippen molar-refractivity contribution in [2.75, 3.05) is 0 Å². The number of aromatic carboxylic acids is 2. The molecule has 0 radical (unpaired) electrons. The van der Waals surface area contributed by atoms with E-state index in [4.69, 9.17) is 10.2 Å². The second-order valence-corrected chi connectivity index (χ2v) is 3.25. The SMILES string of the molecule is O=C(O)c1cc(Br)cc(C(=O)O)c1.[Zn]. The third-order valence-corrected chi connectivity index (χ3v) is 1.85. The second kappa shape index (κ2) is 5.22. The van der Waals surface area contributed by atoms with Gasteiger partial charge in [0, 0.05) is 24.0 Å². The third kappa shape index (κ3) is 3.20. The molecule has 70 valence electrons. The van der Waals surface area contributed by atoms with Gasteiger partial charge in [0.15, 0.2) is 0 Å². The van der Waals surface area contributed by atoms with E-state index in [-0.39, 0.29) is 30.6 Å². The average molecular weight is 310 g/mol. The summed E-state index contributed by atoms with van der Waals surface area (Å²) in [5.74, 6) is -2.30. The van der Waals surface area contributed by atoms with Crippen LogP contribution in [0.3, 0.4) is 0 Å². The fourth-order valence-corrected chi connectivity index (χ4v) is 1.33. The molecule has 0 fully saturated rings. The van der Waals surface area contributed by atoms with E-state index in [1.165, 1.54) is 12.1 Å². The maximum absolute atomic E-state index is 10.5. The molecule has 0 bridgehead atoms. The fourth-order valence-electron chi connectivity index (χ4n) is 0.837. The van der Waals surface area contributed by atoms with Crippen molar-refractivity contribution in [2.24, 2.45) is 0 Å². The van der Waals surface area contributed by atoms with Crippen LogP contribution in [0.2, 0.25) is 0 Å². The Hall–Kier alpha value is -0.737. The molecule has 14 heavy (non-hydrogen) atoms. The molecule has 6 heteroatoms. The van der Waals surface area contributed by atoms with Crippen LogP contribution < -0.4 is 0 Å². The van der Waals surface area contributed by atoms with Gasteiger partial charge < -0.3 is 10.2 Å². The van der Waals surface area contributed by atoms with E-state index < -0.39 is 11.9 Å². The minimum atomic E-state index is -1.15. The summed E-state index contributed by atoms with van der Waals surface area (Å²) < 4.78 is 0.435. The number of carboxylic acids is 2. The number of rotatable bonds is 2. The van der Waals surface area contributed by atoms with Crippen molar-refractivity contribution >= 4 is 27.9 Å². The zero-order valence-corrected chi connectivity index (χ0v) is 11.6. The van der Waals surface area contributed by atoms with Gasteiger partial charge in [0.25, 0.3) is 0 Å². The minimum absolute atomic E-state index is 0. The Morgan fingerprint density at radius 1 is 1.00 bits per heavy atom. The molecule has 0 aromatic heterocycles. The Morgan fingerprint density at radius 3 is 1.64 bits per heavy atom. The first-order valence-electron chi connectivity index (χ1n) is 3.28. The van der Waals surface area contributed by atoms with Crippen LogP contribution in [0.25, 0.3) is 0 Å². The largest absolute Gasteiger partial charge is 0.478 e. The number of benzene rings is 1. The van der Waals surface area contributed by atoms with Crippen molar-refractivity contribution in [3.63, 3.8) is 0 Å². The number of halogens is 1. The summed E-state index contributed by atoms with van der Waals surface area (Å²) in [6.07, 6.45) is 0. The molecule has 0 amide bonds. The maximum Gasteiger partial charge on any atom is 0.335 e. The quantitative estimate of drug-likeness (QED) is 0.818. The van der Waals surface area contributed by atoms with E-state index in [2.05, 4.69) is 15.9 Å². The molecule has 0 saturated heterocycles. The molecule has 1 rings (SSSR count). The molecular weight excluding hydrogens is 305 g/mol. The van der Waals surface area contributed by atoms with Crippen LogP contribution in [-0.2, 0) is 19.5 Å². The minimum Gasteiger partial charge on any atom is -0.478 e. The van der Waals surface area contributed by atoms with Crippen molar-refractivity contribution in [3.05, 3.63) is 33.8 Å². The third-order valence-electron chi connectivity index (χ3n) is 1.39. The van der Waals surface area contributed by atoms with Crippen LogP contribution >= 0.6 is 15.9 Å². The van der Waals surface area contributed by atoms with Crippen molar-refractivity contribution < 1.29 is 39.3 Å². The topological polar surface area (TPSA) is 74.6 Å². The van der Waals surface area contributed by atoms with Gasteiger partial charge in [-0.3, -0.25) is 0 Å². The Morgan fingerprint density at radius 2 is 1.36 bits per heavy atom. The maximum atomic E-state index is 10.5. The van der Waals surface area contributed by atoms with Crippen molar-refractivity contribution in [1.82, 2.24) is 0 Å². The van der Waals surface area contributed by atoms with Crippen LogP contribution in [0.1, 0.15) is 20.7 Å². The smallest absolute Gasteiger partial charge is 0.335 e. The number of carbonyl (C=O) groups is 2. The van der Waals surface area contributed by atoms with Crippen molar-refractivity contribution in [3.8, 4) is 0 Å². The second-order valence-electron chi connectivity index (χ2n) is 2.34. The first kappa shape index (κ1) is 13.3. The zero-order chi connectivity index (χ0) is 10.0. The standard InChI is InChI=1S/C8H5BrO4.Zn/c9-6-2-4(7(10)11)1-5(3-6)8(12)13;/h1-3H,(H,10,11)(H,12,13);. The normalized spacial score (nSPS) is 8.93. The molecular formula is C8H5BrO4Zn. The Labute approximate surface area is 101 Å². The van der Waals surface area contributed by atoms with Gasteiger partial charge in [0.2, 0.25) is 0 Å². The first-order chi connectivity index (χ1) is 6.00. The molecule has 0 heterocycles. The van der Waals surface area contributed by atoms with E-state index in [9.17, 15) is 9.59 Å².